The Morgan fingerprint density at radius 3 is 2.50 bits per heavy atom. The molecule has 2 heterocycles. The number of nitrogens with two attached hydrogens (primary N) is 1. The molecule has 0 saturated carbocycles. The zero-order valence-electron chi connectivity index (χ0n) is 14.6. The van der Waals surface area contributed by atoms with Crippen molar-refractivity contribution in [3.05, 3.63) is 42.3 Å². The highest BCUT2D eigenvalue weighted by Crippen LogP contribution is 2.38. The lowest BCUT2D eigenvalue weighted by atomic mass is 10.0. The van der Waals surface area contributed by atoms with Gasteiger partial charge in [0.2, 0.25) is 0 Å². The maximum absolute atomic E-state index is 14.5. The predicted octanol–water partition coefficient (Wildman–Crippen LogP) is 3.53. The first-order valence-electron chi connectivity index (χ1n) is 7.96. The minimum absolute atomic E-state index is 0.365. The number of nitrogens with zero attached hydrogens (tertiary/aromatic N) is 3. The van der Waals surface area contributed by atoms with Crippen molar-refractivity contribution in [1.29, 1.82) is 0 Å². The van der Waals surface area contributed by atoms with Gasteiger partial charge in [-0.15, -0.1) is 0 Å². The van der Waals surface area contributed by atoms with Gasteiger partial charge in [0.25, 0.3) is 0 Å². The first-order chi connectivity index (χ1) is 12.5. The quantitative estimate of drug-likeness (QED) is 0.571. The molecule has 0 radical (unpaired) electrons. The fraction of sp³-hybridized carbons (Fsp3) is 0.158. The van der Waals surface area contributed by atoms with E-state index in [1.807, 2.05) is 6.07 Å². The van der Waals surface area contributed by atoms with E-state index >= 15 is 0 Å². The predicted molar refractivity (Wildman–Crippen MR) is 98.9 cm³/mol. The van der Waals surface area contributed by atoms with Crippen LogP contribution in [0.15, 0.2) is 36.5 Å². The summed E-state index contributed by atoms with van der Waals surface area (Å²) >= 11 is 0. The van der Waals surface area contributed by atoms with Gasteiger partial charge in [0.1, 0.15) is 11.5 Å². The second kappa shape index (κ2) is 5.87. The third-order valence-corrected chi connectivity index (χ3v) is 4.44. The molecule has 0 saturated heterocycles. The highest BCUT2D eigenvalue weighted by Gasteiger charge is 2.19. The van der Waals surface area contributed by atoms with Crippen LogP contribution in [-0.4, -0.2) is 29.0 Å². The molecule has 0 spiro atoms. The number of halogens is 1. The smallest absolute Gasteiger partial charge is 0.162 e. The Balaban J connectivity index is 2.12. The third-order valence-electron chi connectivity index (χ3n) is 4.44. The molecule has 0 unspecified atom stereocenters. The van der Waals surface area contributed by atoms with E-state index in [1.54, 1.807) is 50.3 Å². The number of aromatic nitrogens is 3. The molecule has 2 aromatic carbocycles. The van der Waals surface area contributed by atoms with E-state index in [2.05, 4.69) is 10.1 Å². The number of pyridine rings is 1. The second-order valence-electron chi connectivity index (χ2n) is 5.95. The van der Waals surface area contributed by atoms with Crippen LogP contribution in [0, 0.1) is 5.82 Å². The summed E-state index contributed by atoms with van der Waals surface area (Å²) < 4.78 is 27.0. The van der Waals surface area contributed by atoms with Gasteiger partial charge in [0.15, 0.2) is 11.5 Å². The Morgan fingerprint density at radius 2 is 1.81 bits per heavy atom. The average molecular weight is 352 g/mol. The Morgan fingerprint density at radius 1 is 1.08 bits per heavy atom. The van der Waals surface area contributed by atoms with Gasteiger partial charge in [-0.25, -0.2) is 4.39 Å². The summed E-state index contributed by atoms with van der Waals surface area (Å²) in [7, 11) is 4.94. The number of ether oxygens (including phenoxy) is 2. The fourth-order valence-corrected chi connectivity index (χ4v) is 3.17. The van der Waals surface area contributed by atoms with Crippen molar-refractivity contribution in [2.45, 2.75) is 0 Å². The van der Waals surface area contributed by atoms with Gasteiger partial charge in [-0.05, 0) is 24.3 Å². The number of anilines is 1. The molecular weight excluding hydrogens is 335 g/mol. The van der Waals surface area contributed by atoms with E-state index in [0.717, 1.165) is 16.3 Å². The summed E-state index contributed by atoms with van der Waals surface area (Å²) in [5.41, 5.74) is 8.45. The van der Waals surface area contributed by atoms with Gasteiger partial charge in [-0.1, -0.05) is 0 Å². The van der Waals surface area contributed by atoms with Gasteiger partial charge in [-0.3, -0.25) is 9.67 Å². The van der Waals surface area contributed by atoms with Crippen molar-refractivity contribution in [1.82, 2.24) is 14.8 Å². The zero-order chi connectivity index (χ0) is 18.4. The molecule has 0 aliphatic carbocycles. The average Bonchev–Trinajstić information content (AvgIpc) is 2.97. The van der Waals surface area contributed by atoms with Crippen LogP contribution >= 0.6 is 0 Å². The maximum Gasteiger partial charge on any atom is 0.162 e. The first kappa shape index (κ1) is 16.1. The topological polar surface area (TPSA) is 75.2 Å². The maximum atomic E-state index is 14.5. The van der Waals surface area contributed by atoms with Crippen LogP contribution in [0.4, 0.5) is 10.1 Å². The van der Waals surface area contributed by atoms with Crippen LogP contribution in [0.25, 0.3) is 33.1 Å². The molecule has 26 heavy (non-hydrogen) atoms. The van der Waals surface area contributed by atoms with Crippen LogP contribution in [0.3, 0.4) is 0 Å². The monoisotopic (exact) mass is 352 g/mol. The number of nitrogen functional groups attached to an aromatic ring is 1. The lowest BCUT2D eigenvalue weighted by Crippen LogP contribution is -1.93. The largest absolute Gasteiger partial charge is 0.493 e. The normalized spacial score (nSPS) is 11.2. The summed E-state index contributed by atoms with van der Waals surface area (Å²) in [4.78, 5) is 4.49. The van der Waals surface area contributed by atoms with Crippen molar-refractivity contribution in [3.63, 3.8) is 0 Å². The summed E-state index contributed by atoms with van der Waals surface area (Å²) in [6.45, 7) is 0. The zero-order valence-corrected chi connectivity index (χ0v) is 14.6. The highest BCUT2D eigenvalue weighted by molar-refractivity contribution is 6.12. The number of rotatable bonds is 3. The van der Waals surface area contributed by atoms with Gasteiger partial charge in [0, 0.05) is 35.1 Å². The Bertz CT molecular complexity index is 1150. The van der Waals surface area contributed by atoms with Crippen LogP contribution < -0.4 is 15.2 Å². The standard InChI is InChI=1S/C19H17FN4O2/c1-24-15-9-22-14-8-17(26-3)16(25-2)7-12(14)18(15)19(23-24)11-5-4-10(21)6-13(11)20/h4-9H,21H2,1-3H3. The fourth-order valence-electron chi connectivity index (χ4n) is 3.17. The van der Waals surface area contributed by atoms with Gasteiger partial charge in [0.05, 0.1) is 31.4 Å². The van der Waals surface area contributed by atoms with Crippen molar-refractivity contribution in [2.24, 2.45) is 7.05 Å². The number of aryl methyl sites for hydroxylation is 1. The number of benzene rings is 2. The summed E-state index contributed by atoms with van der Waals surface area (Å²) in [6.07, 6.45) is 1.72. The summed E-state index contributed by atoms with van der Waals surface area (Å²) in [5.74, 6) is 0.730. The molecule has 0 aliphatic rings. The highest BCUT2D eigenvalue weighted by atomic mass is 19.1. The van der Waals surface area contributed by atoms with Gasteiger partial charge >= 0.3 is 0 Å². The molecular formula is C19H17FN4O2. The SMILES string of the molecule is COc1cc2ncc3c(c(-c4ccc(N)cc4F)nn3C)c2cc1OC. The number of fused-ring (bicyclic) bond motifs is 3. The summed E-state index contributed by atoms with van der Waals surface area (Å²) in [6, 6.07) is 8.22. The molecule has 0 atom stereocenters. The molecule has 4 aromatic rings. The minimum Gasteiger partial charge on any atom is -0.493 e. The van der Waals surface area contributed by atoms with Crippen molar-refractivity contribution < 1.29 is 13.9 Å². The Hall–Kier alpha value is -3.35. The van der Waals surface area contributed by atoms with Crippen molar-refractivity contribution in [2.75, 3.05) is 20.0 Å². The Kier molecular flexibility index (Phi) is 3.64. The summed E-state index contributed by atoms with van der Waals surface area (Å²) in [5, 5.41) is 6.12. The molecule has 0 bridgehead atoms. The van der Waals surface area contributed by atoms with Crippen molar-refractivity contribution in [3.8, 4) is 22.8 Å². The molecule has 0 aliphatic heterocycles. The molecule has 4 rings (SSSR count). The molecule has 7 heteroatoms. The Labute approximate surface area is 149 Å². The van der Waals surface area contributed by atoms with E-state index in [-0.39, 0.29) is 0 Å². The number of hydrogen-bond acceptors (Lipinski definition) is 5. The van der Waals surface area contributed by atoms with Crippen molar-refractivity contribution >= 4 is 27.5 Å². The second-order valence-corrected chi connectivity index (χ2v) is 5.95. The number of methoxy groups -OCH3 is 2. The van der Waals surface area contributed by atoms with E-state index < -0.39 is 5.82 Å². The van der Waals surface area contributed by atoms with E-state index in [1.165, 1.54) is 6.07 Å². The lowest BCUT2D eigenvalue weighted by molar-refractivity contribution is 0.356. The first-order valence-corrected chi connectivity index (χ1v) is 7.96. The van der Waals surface area contributed by atoms with Gasteiger partial charge < -0.3 is 15.2 Å². The lowest BCUT2D eigenvalue weighted by Gasteiger charge is -2.10. The van der Waals surface area contributed by atoms with Crippen LogP contribution in [0.5, 0.6) is 11.5 Å². The molecule has 2 N–H and O–H groups in total. The van der Waals surface area contributed by atoms with Crippen LogP contribution in [-0.2, 0) is 7.05 Å². The molecule has 0 fully saturated rings. The minimum atomic E-state index is -0.421. The molecule has 6 nitrogen and oxygen atoms in total. The van der Waals surface area contributed by atoms with Crippen LogP contribution in [0.1, 0.15) is 0 Å². The van der Waals surface area contributed by atoms with Gasteiger partial charge in [-0.2, -0.15) is 5.10 Å². The van der Waals surface area contributed by atoms with Crippen LogP contribution in [0.2, 0.25) is 0 Å². The third kappa shape index (κ3) is 2.32. The molecule has 0 amide bonds. The van der Waals surface area contributed by atoms with E-state index in [9.17, 15) is 4.39 Å². The van der Waals surface area contributed by atoms with E-state index in [0.29, 0.717) is 34.0 Å². The molecule has 132 valence electrons. The van der Waals surface area contributed by atoms with E-state index in [4.69, 9.17) is 15.2 Å². The number of hydrogen-bond donors (Lipinski definition) is 1. The molecule has 2 aromatic heterocycles.